The number of hydrogen-bond acceptors (Lipinski definition) is 6. The molecule has 1 N–H and O–H groups in total. The molecule has 3 aliphatic heterocycles. The molecule has 9 nitrogen and oxygen atoms in total. The van der Waals surface area contributed by atoms with E-state index < -0.39 is 15.6 Å². The molecule has 1 aromatic carbocycles. The van der Waals surface area contributed by atoms with Crippen LogP contribution in [0.3, 0.4) is 0 Å². The lowest BCUT2D eigenvalue weighted by molar-refractivity contribution is -0.125. The molecule has 44 heavy (non-hydrogen) atoms. The molecule has 2 amide bonds. The van der Waals surface area contributed by atoms with Crippen molar-refractivity contribution >= 4 is 39.4 Å². The maximum absolute atomic E-state index is 13.4. The second kappa shape index (κ2) is 13.0. The van der Waals surface area contributed by atoms with Gasteiger partial charge in [-0.25, -0.2) is 8.42 Å². The number of piperidine rings is 1. The van der Waals surface area contributed by atoms with Crippen molar-refractivity contribution in [1.82, 2.24) is 9.62 Å². The highest BCUT2D eigenvalue weighted by atomic mass is 32.2. The number of amides is 2. The Morgan fingerprint density at radius 1 is 1.14 bits per heavy atom. The van der Waals surface area contributed by atoms with Crippen molar-refractivity contribution in [2.75, 3.05) is 37.7 Å². The van der Waals surface area contributed by atoms with Crippen LogP contribution in [0.25, 0.3) is 6.08 Å². The van der Waals surface area contributed by atoms with Gasteiger partial charge < -0.3 is 15.0 Å². The van der Waals surface area contributed by atoms with Crippen LogP contribution in [0.15, 0.2) is 22.5 Å². The number of sulfonamides is 1. The number of nitrogens with one attached hydrogen (secondary N) is 1. The van der Waals surface area contributed by atoms with Gasteiger partial charge in [0.05, 0.1) is 13.2 Å². The summed E-state index contributed by atoms with van der Waals surface area (Å²) in [5, 5.41) is 4.37. The van der Waals surface area contributed by atoms with Gasteiger partial charge in [0.1, 0.15) is 11.4 Å². The standard InChI is InChI=1S/C34H50N4O5S/c1-6-7-8-27-9-11-28(12-10-27)31-35-32(40)34(36-31)14-16-37(17-15-34)44(41,42)18-13-30-24(2)19-29(20-25(30)3)38(26(4)39)21-33(5)22-43-23-33/h13,18-20,27-28H,6-12,14-17,21-23H2,1-5H3,(H,35,36,40). The van der Waals surface area contributed by atoms with Gasteiger partial charge in [-0.3, -0.25) is 14.6 Å². The summed E-state index contributed by atoms with van der Waals surface area (Å²) in [5.41, 5.74) is 2.51. The minimum atomic E-state index is -3.69. The van der Waals surface area contributed by atoms with Gasteiger partial charge >= 0.3 is 0 Å². The van der Waals surface area contributed by atoms with Gasteiger partial charge in [0.2, 0.25) is 15.9 Å². The van der Waals surface area contributed by atoms with E-state index in [1.54, 1.807) is 17.9 Å². The van der Waals surface area contributed by atoms with Crippen molar-refractivity contribution < 1.29 is 22.7 Å². The lowest BCUT2D eigenvalue weighted by Crippen LogP contribution is -2.50. The number of aliphatic imine (C=N–C) groups is 1. The molecule has 10 heteroatoms. The van der Waals surface area contributed by atoms with Crippen molar-refractivity contribution in [3.8, 4) is 0 Å². The molecule has 3 fully saturated rings. The summed E-state index contributed by atoms with van der Waals surface area (Å²) >= 11 is 0. The average molecular weight is 627 g/mol. The number of ether oxygens (including phenoxy) is 1. The highest BCUT2D eigenvalue weighted by Gasteiger charge is 2.48. The summed E-state index contributed by atoms with van der Waals surface area (Å²) in [4.78, 5) is 32.4. The van der Waals surface area contributed by atoms with E-state index in [1.165, 1.54) is 41.8 Å². The molecule has 0 atom stereocenters. The van der Waals surface area contributed by atoms with Gasteiger partial charge in [-0.05, 0) is 93.2 Å². The number of benzene rings is 1. The van der Waals surface area contributed by atoms with E-state index in [2.05, 4.69) is 19.2 Å². The number of anilines is 1. The summed E-state index contributed by atoms with van der Waals surface area (Å²) in [6, 6.07) is 3.89. The second-order valence-electron chi connectivity index (χ2n) is 14.0. The summed E-state index contributed by atoms with van der Waals surface area (Å²) in [7, 11) is -3.69. The minimum Gasteiger partial charge on any atom is -0.380 e. The van der Waals surface area contributed by atoms with Gasteiger partial charge in [0.25, 0.3) is 5.91 Å². The Kier molecular flexibility index (Phi) is 9.73. The number of carbonyl (C=O) groups is 2. The number of unbranched alkanes of at least 4 members (excludes halogenated alkanes) is 1. The summed E-state index contributed by atoms with van der Waals surface area (Å²) < 4.78 is 33.6. The smallest absolute Gasteiger partial charge is 0.253 e. The van der Waals surface area contributed by atoms with E-state index in [1.807, 2.05) is 26.0 Å². The van der Waals surface area contributed by atoms with E-state index >= 15 is 0 Å². The molecule has 0 aromatic heterocycles. The highest BCUT2D eigenvalue weighted by molar-refractivity contribution is 7.92. The van der Waals surface area contributed by atoms with Crippen molar-refractivity contribution in [2.24, 2.45) is 22.2 Å². The van der Waals surface area contributed by atoms with Crippen molar-refractivity contribution in [1.29, 1.82) is 0 Å². The number of aryl methyl sites for hydroxylation is 2. The topological polar surface area (TPSA) is 108 Å². The van der Waals surface area contributed by atoms with Crippen molar-refractivity contribution in [3.63, 3.8) is 0 Å². The van der Waals surface area contributed by atoms with E-state index in [9.17, 15) is 18.0 Å². The number of rotatable bonds is 10. The fourth-order valence-electron chi connectivity index (χ4n) is 7.32. The Labute approximate surface area is 263 Å². The van der Waals surface area contributed by atoms with Gasteiger partial charge in [-0.1, -0.05) is 33.1 Å². The Hall–Kier alpha value is -2.56. The quantitative estimate of drug-likeness (QED) is 0.377. The molecule has 1 aliphatic carbocycles. The van der Waals surface area contributed by atoms with Crippen LogP contribution in [0.1, 0.15) is 95.2 Å². The van der Waals surface area contributed by atoms with Crippen LogP contribution in [0.4, 0.5) is 5.69 Å². The normalized spacial score (nSPS) is 25.1. The van der Waals surface area contributed by atoms with Crippen LogP contribution in [-0.2, 0) is 24.3 Å². The number of hydrogen-bond donors (Lipinski definition) is 1. The van der Waals surface area contributed by atoms with Crippen LogP contribution in [0, 0.1) is 31.1 Å². The van der Waals surface area contributed by atoms with Gasteiger partial charge in [0.15, 0.2) is 0 Å². The second-order valence-corrected chi connectivity index (χ2v) is 15.8. The largest absolute Gasteiger partial charge is 0.380 e. The number of amidine groups is 1. The molecule has 0 radical (unpaired) electrons. The van der Waals surface area contributed by atoms with E-state index in [4.69, 9.17) is 9.73 Å². The zero-order chi connectivity index (χ0) is 31.7. The Morgan fingerprint density at radius 2 is 1.77 bits per heavy atom. The molecule has 0 unspecified atom stereocenters. The molecule has 3 heterocycles. The van der Waals surface area contributed by atoms with Crippen LogP contribution < -0.4 is 10.2 Å². The van der Waals surface area contributed by atoms with Gasteiger partial charge in [0, 0.05) is 49.0 Å². The first-order valence-corrected chi connectivity index (χ1v) is 17.9. The van der Waals surface area contributed by atoms with Gasteiger partial charge in [-0.15, -0.1) is 0 Å². The van der Waals surface area contributed by atoms with E-state index in [0.717, 1.165) is 47.0 Å². The molecule has 4 aliphatic rings. The van der Waals surface area contributed by atoms with Crippen molar-refractivity contribution in [3.05, 3.63) is 34.2 Å². The number of nitrogens with zero attached hydrogens (tertiary/aromatic N) is 3. The molecule has 1 aromatic rings. The van der Waals surface area contributed by atoms with Gasteiger partial charge in [-0.2, -0.15) is 4.31 Å². The molecule has 5 rings (SSSR count). The summed E-state index contributed by atoms with van der Waals surface area (Å²) in [6.07, 6.45) is 10.8. The molecular weight excluding hydrogens is 576 g/mol. The lowest BCUT2D eigenvalue weighted by Gasteiger charge is -2.41. The minimum absolute atomic E-state index is 0.0344. The predicted octanol–water partition coefficient (Wildman–Crippen LogP) is 5.35. The zero-order valence-electron chi connectivity index (χ0n) is 27.2. The van der Waals surface area contributed by atoms with E-state index in [0.29, 0.717) is 38.5 Å². The third-order valence-electron chi connectivity index (χ3n) is 10.2. The van der Waals surface area contributed by atoms with Crippen LogP contribution >= 0.6 is 0 Å². The molecule has 0 bridgehead atoms. The fraction of sp³-hybridized carbons (Fsp3) is 0.676. The first-order valence-electron chi connectivity index (χ1n) is 16.4. The predicted molar refractivity (Wildman–Crippen MR) is 175 cm³/mol. The molecule has 1 saturated carbocycles. The first kappa shape index (κ1) is 32.8. The monoisotopic (exact) mass is 626 g/mol. The molecular formula is C34H50N4O5S. The van der Waals surface area contributed by atoms with Crippen LogP contribution in [0.2, 0.25) is 0 Å². The fourth-order valence-corrected chi connectivity index (χ4v) is 8.49. The molecule has 1 spiro atoms. The first-order chi connectivity index (χ1) is 20.8. The average Bonchev–Trinajstić information content (AvgIpc) is 3.28. The van der Waals surface area contributed by atoms with E-state index in [-0.39, 0.29) is 30.3 Å². The maximum Gasteiger partial charge on any atom is 0.253 e. The maximum atomic E-state index is 13.4. The van der Waals surface area contributed by atoms with Crippen LogP contribution in [0.5, 0.6) is 0 Å². The summed E-state index contributed by atoms with van der Waals surface area (Å²) in [6.45, 7) is 12.1. The highest BCUT2D eigenvalue weighted by Crippen LogP contribution is 2.37. The number of carbonyl (C=O) groups excluding carboxylic acids is 2. The Balaban J connectivity index is 1.22. The zero-order valence-corrected chi connectivity index (χ0v) is 28.0. The Bertz CT molecular complexity index is 1390. The summed E-state index contributed by atoms with van der Waals surface area (Å²) in [5.74, 6) is 1.81. The lowest BCUT2D eigenvalue weighted by atomic mass is 9.79. The van der Waals surface area contributed by atoms with Crippen molar-refractivity contribution in [2.45, 2.75) is 97.9 Å². The molecule has 2 saturated heterocycles. The third-order valence-corrected chi connectivity index (χ3v) is 11.8. The third kappa shape index (κ3) is 6.97. The molecule has 242 valence electrons. The Morgan fingerprint density at radius 3 is 2.32 bits per heavy atom. The SMILES string of the molecule is CCCCC1CCC(C2=NC3(CCN(S(=O)(=O)C=Cc4c(C)cc(N(CC5(C)COC5)C(C)=O)cc4C)CC3)C(=O)N2)CC1. The van der Waals surface area contributed by atoms with Crippen LogP contribution in [-0.4, -0.2) is 68.8 Å².